The number of pyridine rings is 1. The van der Waals surface area contributed by atoms with Crippen LogP contribution in [-0.2, 0) is 6.54 Å². The fraction of sp³-hybridized carbons (Fsp3) is 0.500. The Morgan fingerprint density at radius 2 is 2.18 bits per heavy atom. The van der Waals surface area contributed by atoms with Gasteiger partial charge >= 0.3 is 0 Å². The normalized spacial score (nSPS) is 15.0. The Balaban J connectivity index is 1.99. The average molecular weight is 231 g/mol. The lowest BCUT2D eigenvalue weighted by Gasteiger charge is -2.19. The van der Waals surface area contributed by atoms with E-state index < -0.39 is 0 Å². The third kappa shape index (κ3) is 2.86. The molecule has 3 heteroatoms. The van der Waals surface area contributed by atoms with Crippen LogP contribution in [0, 0.1) is 5.92 Å². The molecule has 0 saturated carbocycles. The molecule has 2 rings (SSSR count). The first-order valence-corrected chi connectivity index (χ1v) is 6.36. The molecule has 2 unspecified atom stereocenters. The molecule has 0 radical (unpaired) electrons. The van der Waals surface area contributed by atoms with Crippen molar-refractivity contribution in [1.29, 1.82) is 0 Å². The quantitative estimate of drug-likeness (QED) is 0.857. The van der Waals surface area contributed by atoms with Gasteiger partial charge in [0.2, 0.25) is 0 Å². The van der Waals surface area contributed by atoms with Crippen molar-refractivity contribution in [1.82, 2.24) is 14.7 Å². The number of imidazole rings is 1. The number of fused-ring (bicyclic) bond motifs is 1. The van der Waals surface area contributed by atoms with Gasteiger partial charge in [0.05, 0.1) is 5.69 Å². The van der Waals surface area contributed by atoms with Gasteiger partial charge in [0.1, 0.15) is 5.65 Å². The lowest BCUT2D eigenvalue weighted by molar-refractivity contribution is 0.388. The van der Waals surface area contributed by atoms with Crippen LogP contribution in [0.15, 0.2) is 30.6 Å². The smallest absolute Gasteiger partial charge is 0.137 e. The van der Waals surface area contributed by atoms with Crippen LogP contribution < -0.4 is 5.32 Å². The molecular formula is C14H21N3. The van der Waals surface area contributed by atoms with Gasteiger partial charge in [-0.3, -0.25) is 0 Å². The lowest BCUT2D eigenvalue weighted by Crippen LogP contribution is -2.31. The Morgan fingerprint density at radius 3 is 2.88 bits per heavy atom. The maximum atomic E-state index is 4.57. The fourth-order valence-electron chi connectivity index (χ4n) is 1.89. The minimum Gasteiger partial charge on any atom is -0.308 e. The van der Waals surface area contributed by atoms with Crippen molar-refractivity contribution >= 4 is 5.65 Å². The van der Waals surface area contributed by atoms with Crippen LogP contribution in [0.2, 0.25) is 0 Å². The highest BCUT2D eigenvalue weighted by atomic mass is 15.0. The minimum atomic E-state index is 0.532. The van der Waals surface area contributed by atoms with Gasteiger partial charge < -0.3 is 9.72 Å². The zero-order valence-electron chi connectivity index (χ0n) is 10.9. The average Bonchev–Trinajstić information content (AvgIpc) is 2.77. The molecule has 17 heavy (non-hydrogen) atoms. The molecule has 1 N–H and O–H groups in total. The molecular weight excluding hydrogens is 210 g/mol. The summed E-state index contributed by atoms with van der Waals surface area (Å²) in [6.45, 7) is 7.59. The fourth-order valence-corrected chi connectivity index (χ4v) is 1.89. The van der Waals surface area contributed by atoms with Crippen molar-refractivity contribution < 1.29 is 0 Å². The molecule has 0 saturated heterocycles. The van der Waals surface area contributed by atoms with E-state index >= 15 is 0 Å². The van der Waals surface area contributed by atoms with Gasteiger partial charge in [-0.15, -0.1) is 0 Å². The van der Waals surface area contributed by atoms with Crippen molar-refractivity contribution in [3.05, 3.63) is 36.3 Å². The Morgan fingerprint density at radius 1 is 1.35 bits per heavy atom. The van der Waals surface area contributed by atoms with E-state index in [2.05, 4.69) is 41.7 Å². The van der Waals surface area contributed by atoms with Gasteiger partial charge in [-0.2, -0.15) is 0 Å². The topological polar surface area (TPSA) is 29.3 Å². The Bertz CT molecular complexity index is 442. The highest BCUT2D eigenvalue weighted by molar-refractivity contribution is 5.39. The van der Waals surface area contributed by atoms with Gasteiger partial charge in [-0.1, -0.05) is 26.3 Å². The summed E-state index contributed by atoms with van der Waals surface area (Å²) in [5.41, 5.74) is 2.12. The van der Waals surface area contributed by atoms with Crippen LogP contribution >= 0.6 is 0 Å². The molecule has 0 aliphatic rings. The maximum Gasteiger partial charge on any atom is 0.137 e. The summed E-state index contributed by atoms with van der Waals surface area (Å²) in [5.74, 6) is 0.701. The molecule has 2 heterocycles. The van der Waals surface area contributed by atoms with E-state index in [4.69, 9.17) is 0 Å². The Kier molecular flexibility index (Phi) is 3.79. The molecule has 0 aliphatic heterocycles. The number of nitrogens with one attached hydrogen (secondary N) is 1. The molecule has 0 spiro atoms. The third-order valence-electron chi connectivity index (χ3n) is 3.52. The summed E-state index contributed by atoms with van der Waals surface area (Å²) >= 11 is 0. The van der Waals surface area contributed by atoms with Gasteiger partial charge in [0.25, 0.3) is 0 Å². The summed E-state index contributed by atoms with van der Waals surface area (Å²) in [7, 11) is 0. The molecule has 0 fully saturated rings. The first kappa shape index (κ1) is 12.1. The highest BCUT2D eigenvalue weighted by Crippen LogP contribution is 2.08. The first-order valence-electron chi connectivity index (χ1n) is 6.36. The zero-order valence-corrected chi connectivity index (χ0v) is 10.9. The second kappa shape index (κ2) is 5.32. The molecule has 0 amide bonds. The lowest BCUT2D eigenvalue weighted by atomic mass is 10.0. The molecule has 2 atom stereocenters. The van der Waals surface area contributed by atoms with E-state index in [1.807, 2.05) is 24.4 Å². The Hall–Kier alpha value is -1.35. The second-order valence-electron chi connectivity index (χ2n) is 4.75. The number of hydrogen-bond donors (Lipinski definition) is 1. The standard InChI is InChI=1S/C14H21N3/c1-4-11(2)12(3)15-9-13-10-17-8-6-5-7-14(17)16-13/h5-8,10-12,15H,4,9H2,1-3H3. The van der Waals surface area contributed by atoms with E-state index in [0.29, 0.717) is 12.0 Å². The van der Waals surface area contributed by atoms with Crippen LogP contribution in [0.5, 0.6) is 0 Å². The van der Waals surface area contributed by atoms with Crippen molar-refractivity contribution in [3.63, 3.8) is 0 Å². The van der Waals surface area contributed by atoms with Crippen LogP contribution in [0.1, 0.15) is 32.9 Å². The van der Waals surface area contributed by atoms with Gasteiger partial charge in [-0.05, 0) is 25.0 Å². The van der Waals surface area contributed by atoms with Crippen molar-refractivity contribution in [2.45, 2.75) is 39.8 Å². The summed E-state index contributed by atoms with van der Waals surface area (Å²) in [4.78, 5) is 4.57. The molecule has 0 aromatic carbocycles. The monoisotopic (exact) mass is 231 g/mol. The van der Waals surface area contributed by atoms with E-state index in [-0.39, 0.29) is 0 Å². The van der Waals surface area contributed by atoms with Gasteiger partial charge in [0.15, 0.2) is 0 Å². The van der Waals surface area contributed by atoms with E-state index in [9.17, 15) is 0 Å². The van der Waals surface area contributed by atoms with Crippen LogP contribution in [0.4, 0.5) is 0 Å². The van der Waals surface area contributed by atoms with Crippen LogP contribution in [0.3, 0.4) is 0 Å². The number of nitrogens with zero attached hydrogens (tertiary/aromatic N) is 2. The summed E-state index contributed by atoms with van der Waals surface area (Å²) in [6.07, 6.45) is 5.33. The highest BCUT2D eigenvalue weighted by Gasteiger charge is 2.10. The molecule has 92 valence electrons. The molecule has 0 bridgehead atoms. The van der Waals surface area contributed by atoms with E-state index in [0.717, 1.165) is 17.9 Å². The maximum absolute atomic E-state index is 4.57. The van der Waals surface area contributed by atoms with Crippen LogP contribution in [0.25, 0.3) is 5.65 Å². The van der Waals surface area contributed by atoms with Gasteiger partial charge in [0, 0.05) is 25.0 Å². The molecule has 2 aromatic heterocycles. The summed E-state index contributed by atoms with van der Waals surface area (Å²) in [6, 6.07) is 6.60. The number of hydrogen-bond acceptors (Lipinski definition) is 2. The second-order valence-corrected chi connectivity index (χ2v) is 4.75. The molecule has 3 nitrogen and oxygen atoms in total. The zero-order chi connectivity index (χ0) is 12.3. The first-order chi connectivity index (χ1) is 8.20. The molecule has 2 aromatic rings. The van der Waals surface area contributed by atoms with Crippen molar-refractivity contribution in [2.24, 2.45) is 5.92 Å². The number of rotatable bonds is 5. The van der Waals surface area contributed by atoms with E-state index in [1.54, 1.807) is 0 Å². The minimum absolute atomic E-state index is 0.532. The predicted octanol–water partition coefficient (Wildman–Crippen LogP) is 2.86. The summed E-state index contributed by atoms with van der Waals surface area (Å²) < 4.78 is 2.06. The number of aromatic nitrogens is 2. The third-order valence-corrected chi connectivity index (χ3v) is 3.52. The largest absolute Gasteiger partial charge is 0.308 e. The van der Waals surface area contributed by atoms with E-state index in [1.165, 1.54) is 6.42 Å². The van der Waals surface area contributed by atoms with Crippen LogP contribution in [-0.4, -0.2) is 15.4 Å². The molecule has 0 aliphatic carbocycles. The SMILES string of the molecule is CCC(C)C(C)NCc1cn2ccccc2n1. The van der Waals surface area contributed by atoms with Gasteiger partial charge in [-0.25, -0.2) is 4.98 Å². The summed E-state index contributed by atoms with van der Waals surface area (Å²) in [5, 5.41) is 3.53. The Labute approximate surface area is 103 Å². The van der Waals surface area contributed by atoms with Crippen molar-refractivity contribution in [3.8, 4) is 0 Å². The predicted molar refractivity (Wildman–Crippen MR) is 70.9 cm³/mol. The van der Waals surface area contributed by atoms with Crippen molar-refractivity contribution in [2.75, 3.05) is 0 Å².